The number of ketones is 1. The molecule has 1 atom stereocenters. The van der Waals surface area contributed by atoms with Gasteiger partial charge in [-0.15, -0.1) is 11.3 Å². The van der Waals surface area contributed by atoms with E-state index in [4.69, 9.17) is 0 Å². The van der Waals surface area contributed by atoms with Gasteiger partial charge in [-0.05, 0) is 6.42 Å². The average Bonchev–Trinajstić information content (AvgIpc) is 2.62. The molecule has 1 aromatic rings. The van der Waals surface area contributed by atoms with Crippen LogP contribution in [-0.2, 0) is 5.75 Å². The predicted octanol–water partition coefficient (Wildman–Crippen LogP) is 3.38. The van der Waals surface area contributed by atoms with Gasteiger partial charge in [0.05, 0.1) is 0 Å². The van der Waals surface area contributed by atoms with E-state index in [2.05, 4.69) is 18.8 Å². The Morgan fingerprint density at radius 1 is 1.71 bits per heavy atom. The Morgan fingerprint density at radius 2 is 2.43 bits per heavy atom. The van der Waals surface area contributed by atoms with Crippen LogP contribution in [0.5, 0.6) is 0 Å². The third kappa shape index (κ3) is 3.42. The van der Waals surface area contributed by atoms with Gasteiger partial charge >= 0.3 is 0 Å². The summed E-state index contributed by atoms with van der Waals surface area (Å²) in [6.07, 6.45) is 1.18. The van der Waals surface area contributed by atoms with Crippen LogP contribution in [0, 0.1) is 0 Å². The first-order valence-electron chi connectivity index (χ1n) is 4.70. The van der Waals surface area contributed by atoms with E-state index in [9.17, 15) is 4.79 Å². The van der Waals surface area contributed by atoms with Gasteiger partial charge in [-0.1, -0.05) is 13.8 Å². The summed E-state index contributed by atoms with van der Waals surface area (Å²) < 4.78 is 0. The molecule has 0 saturated heterocycles. The number of carbonyl (C=O) groups is 1. The molecule has 0 saturated carbocycles. The van der Waals surface area contributed by atoms with Crippen LogP contribution in [0.4, 0.5) is 0 Å². The first kappa shape index (κ1) is 11.7. The van der Waals surface area contributed by atoms with E-state index in [0.717, 1.165) is 10.8 Å². The highest BCUT2D eigenvalue weighted by Gasteiger charge is 2.07. The standard InChI is InChI=1S/C10H15NOS2/c1-4-7(2)13-6-10-11-9(5-14-10)8(3)12/h5,7H,4,6H2,1-3H3. The van der Waals surface area contributed by atoms with Crippen LogP contribution in [0.3, 0.4) is 0 Å². The van der Waals surface area contributed by atoms with E-state index in [-0.39, 0.29) is 5.78 Å². The number of thioether (sulfide) groups is 1. The van der Waals surface area contributed by atoms with E-state index >= 15 is 0 Å². The maximum absolute atomic E-state index is 11.0. The highest BCUT2D eigenvalue weighted by Crippen LogP contribution is 2.22. The van der Waals surface area contributed by atoms with Crippen molar-refractivity contribution in [1.29, 1.82) is 0 Å². The zero-order chi connectivity index (χ0) is 10.6. The number of Topliss-reactive ketones (excluding diaryl/α,β-unsaturated/α-hetero) is 1. The molecule has 1 aromatic heterocycles. The molecule has 1 unspecified atom stereocenters. The molecule has 1 rings (SSSR count). The molecule has 0 aromatic carbocycles. The normalized spacial score (nSPS) is 12.8. The fourth-order valence-electron chi connectivity index (χ4n) is 0.870. The minimum atomic E-state index is 0.0565. The maximum atomic E-state index is 11.0. The van der Waals surface area contributed by atoms with Gasteiger partial charge in [-0.3, -0.25) is 4.79 Å². The lowest BCUT2D eigenvalue weighted by molar-refractivity contribution is 0.101. The fraction of sp³-hybridized carbons (Fsp3) is 0.600. The molecule has 0 aliphatic heterocycles. The summed E-state index contributed by atoms with van der Waals surface area (Å²) in [6.45, 7) is 5.95. The number of thiazole rings is 1. The number of nitrogens with zero attached hydrogens (tertiary/aromatic N) is 1. The van der Waals surface area contributed by atoms with E-state index in [1.807, 2.05) is 17.1 Å². The van der Waals surface area contributed by atoms with Crippen LogP contribution in [0.1, 0.15) is 42.7 Å². The summed E-state index contributed by atoms with van der Waals surface area (Å²) >= 11 is 3.47. The molecular formula is C10H15NOS2. The van der Waals surface area contributed by atoms with E-state index in [1.165, 1.54) is 6.42 Å². The Labute approximate surface area is 93.1 Å². The van der Waals surface area contributed by atoms with Gasteiger partial charge in [0.2, 0.25) is 0 Å². The number of hydrogen-bond donors (Lipinski definition) is 0. The molecule has 0 aliphatic carbocycles. The van der Waals surface area contributed by atoms with Crippen molar-refractivity contribution < 1.29 is 4.79 Å². The van der Waals surface area contributed by atoms with Gasteiger partial charge in [-0.2, -0.15) is 11.8 Å². The lowest BCUT2D eigenvalue weighted by Gasteiger charge is -2.04. The molecule has 0 spiro atoms. The Bertz CT molecular complexity index is 309. The SMILES string of the molecule is CCC(C)SCc1nc(C(C)=O)cs1. The highest BCUT2D eigenvalue weighted by molar-refractivity contribution is 7.99. The minimum Gasteiger partial charge on any atom is -0.293 e. The van der Waals surface area contributed by atoms with Crippen LogP contribution < -0.4 is 0 Å². The van der Waals surface area contributed by atoms with Crippen molar-refractivity contribution in [3.05, 3.63) is 16.1 Å². The van der Waals surface area contributed by atoms with Crippen LogP contribution in [0.15, 0.2) is 5.38 Å². The first-order valence-corrected chi connectivity index (χ1v) is 6.63. The van der Waals surface area contributed by atoms with Crippen molar-refractivity contribution in [1.82, 2.24) is 4.98 Å². The van der Waals surface area contributed by atoms with Crippen molar-refractivity contribution in [3.63, 3.8) is 0 Å². The summed E-state index contributed by atoms with van der Waals surface area (Å²) in [5.74, 6) is 0.980. The lowest BCUT2D eigenvalue weighted by atomic mass is 10.4. The lowest BCUT2D eigenvalue weighted by Crippen LogP contribution is -1.95. The van der Waals surface area contributed by atoms with E-state index in [1.54, 1.807) is 18.3 Å². The molecule has 1 heterocycles. The average molecular weight is 229 g/mol. The van der Waals surface area contributed by atoms with Gasteiger partial charge in [0.15, 0.2) is 5.78 Å². The quantitative estimate of drug-likeness (QED) is 0.725. The Morgan fingerprint density at radius 3 is 2.93 bits per heavy atom. The zero-order valence-electron chi connectivity index (χ0n) is 8.74. The summed E-state index contributed by atoms with van der Waals surface area (Å²) in [7, 11) is 0. The van der Waals surface area contributed by atoms with E-state index in [0.29, 0.717) is 10.9 Å². The fourth-order valence-corrected chi connectivity index (χ4v) is 2.69. The first-order chi connectivity index (χ1) is 6.63. The van der Waals surface area contributed by atoms with Crippen LogP contribution in [-0.4, -0.2) is 16.0 Å². The molecule has 4 heteroatoms. The van der Waals surface area contributed by atoms with Crippen molar-refractivity contribution >= 4 is 28.9 Å². The molecule has 14 heavy (non-hydrogen) atoms. The molecule has 0 fully saturated rings. The Kier molecular flexibility index (Phi) is 4.62. The number of aromatic nitrogens is 1. The van der Waals surface area contributed by atoms with Gasteiger partial charge in [0, 0.05) is 23.3 Å². The Balaban J connectivity index is 2.48. The van der Waals surface area contributed by atoms with Crippen LogP contribution in [0.25, 0.3) is 0 Å². The van der Waals surface area contributed by atoms with Crippen molar-refractivity contribution in [2.24, 2.45) is 0 Å². The van der Waals surface area contributed by atoms with Gasteiger partial charge < -0.3 is 0 Å². The maximum Gasteiger partial charge on any atom is 0.178 e. The van der Waals surface area contributed by atoms with Crippen LogP contribution >= 0.6 is 23.1 Å². The van der Waals surface area contributed by atoms with Crippen molar-refractivity contribution in [2.75, 3.05) is 0 Å². The molecule has 0 radical (unpaired) electrons. The molecular weight excluding hydrogens is 214 g/mol. The highest BCUT2D eigenvalue weighted by atomic mass is 32.2. The molecule has 0 bridgehead atoms. The van der Waals surface area contributed by atoms with Crippen molar-refractivity contribution in [2.45, 2.75) is 38.2 Å². The molecule has 78 valence electrons. The molecule has 0 aliphatic rings. The van der Waals surface area contributed by atoms with Crippen molar-refractivity contribution in [3.8, 4) is 0 Å². The largest absolute Gasteiger partial charge is 0.293 e. The van der Waals surface area contributed by atoms with Gasteiger partial charge in [0.25, 0.3) is 0 Å². The topological polar surface area (TPSA) is 30.0 Å². The van der Waals surface area contributed by atoms with E-state index < -0.39 is 0 Å². The molecule has 0 N–H and O–H groups in total. The third-order valence-electron chi connectivity index (χ3n) is 1.98. The second-order valence-electron chi connectivity index (χ2n) is 3.21. The number of hydrogen-bond acceptors (Lipinski definition) is 4. The summed E-state index contributed by atoms with van der Waals surface area (Å²) in [4.78, 5) is 15.3. The number of rotatable bonds is 5. The molecule has 2 nitrogen and oxygen atoms in total. The smallest absolute Gasteiger partial charge is 0.178 e. The minimum absolute atomic E-state index is 0.0565. The number of carbonyl (C=O) groups excluding carboxylic acids is 1. The summed E-state index contributed by atoms with van der Waals surface area (Å²) in [5, 5.41) is 3.56. The zero-order valence-corrected chi connectivity index (χ0v) is 10.4. The summed E-state index contributed by atoms with van der Waals surface area (Å²) in [6, 6.07) is 0. The molecule has 0 amide bonds. The van der Waals surface area contributed by atoms with Gasteiger partial charge in [-0.25, -0.2) is 4.98 Å². The third-order valence-corrected chi connectivity index (χ3v) is 4.35. The second kappa shape index (κ2) is 5.51. The second-order valence-corrected chi connectivity index (χ2v) is 5.58. The predicted molar refractivity (Wildman–Crippen MR) is 63.2 cm³/mol. The Hall–Kier alpha value is -0.350. The van der Waals surface area contributed by atoms with Crippen LogP contribution in [0.2, 0.25) is 0 Å². The summed E-state index contributed by atoms with van der Waals surface area (Å²) in [5.41, 5.74) is 0.606. The van der Waals surface area contributed by atoms with Gasteiger partial charge in [0.1, 0.15) is 10.7 Å². The monoisotopic (exact) mass is 229 g/mol.